The number of carbonyl (C=O) groups is 1. The van der Waals surface area contributed by atoms with Crippen LogP contribution in [0.4, 0.5) is 23.2 Å². The molecule has 11 heteroatoms. The summed E-state index contributed by atoms with van der Waals surface area (Å²) in [5.41, 5.74) is 5.84. The van der Waals surface area contributed by atoms with E-state index < -0.39 is 40.6 Å². The topological polar surface area (TPSA) is 95.7 Å². The summed E-state index contributed by atoms with van der Waals surface area (Å²) in [7, 11) is 1.16. The SMILES string of the molecule is CN(c1ccc(C(CCc2ccc(C(F)(F)F)cc2OCc2ccccc2)C(N)=O)cc1F)S(=O)[O-]. The maximum absolute atomic E-state index is 14.5. The van der Waals surface area contributed by atoms with E-state index in [0.29, 0.717) is 9.87 Å². The van der Waals surface area contributed by atoms with Crippen LogP contribution < -0.4 is 14.8 Å². The second-order valence-corrected chi connectivity index (χ2v) is 9.00. The minimum Gasteiger partial charge on any atom is -0.755 e. The Morgan fingerprint density at radius 3 is 2.39 bits per heavy atom. The molecule has 0 bridgehead atoms. The first-order valence-electron chi connectivity index (χ1n) is 10.8. The van der Waals surface area contributed by atoms with Gasteiger partial charge < -0.3 is 19.3 Å². The van der Waals surface area contributed by atoms with Crippen LogP contribution >= 0.6 is 0 Å². The first-order valence-corrected chi connectivity index (χ1v) is 11.8. The minimum atomic E-state index is -4.57. The molecule has 0 heterocycles. The molecular formula is C25H23F4N2O4S-. The van der Waals surface area contributed by atoms with Gasteiger partial charge in [-0.15, -0.1) is 0 Å². The first kappa shape index (κ1) is 27.2. The molecule has 6 nitrogen and oxygen atoms in total. The third-order valence-electron chi connectivity index (χ3n) is 5.61. The number of carbonyl (C=O) groups excluding carboxylic acids is 1. The van der Waals surface area contributed by atoms with Gasteiger partial charge in [0.15, 0.2) is 0 Å². The number of alkyl halides is 3. The number of hydrogen-bond acceptors (Lipinski definition) is 4. The molecule has 0 aliphatic heterocycles. The fourth-order valence-electron chi connectivity index (χ4n) is 3.66. The number of ether oxygens (including phenoxy) is 1. The summed E-state index contributed by atoms with van der Waals surface area (Å²) < 4.78 is 83.0. The Balaban J connectivity index is 1.84. The minimum absolute atomic E-state index is 0.0120. The van der Waals surface area contributed by atoms with Gasteiger partial charge in [-0.3, -0.25) is 9.00 Å². The lowest BCUT2D eigenvalue weighted by Crippen LogP contribution is -2.23. The molecular weight excluding hydrogens is 500 g/mol. The maximum Gasteiger partial charge on any atom is 0.416 e. The largest absolute Gasteiger partial charge is 0.755 e. The molecule has 0 aliphatic carbocycles. The van der Waals surface area contributed by atoms with Crippen LogP contribution in [-0.2, 0) is 35.3 Å². The van der Waals surface area contributed by atoms with Gasteiger partial charge >= 0.3 is 6.18 Å². The smallest absolute Gasteiger partial charge is 0.416 e. The molecule has 0 spiro atoms. The van der Waals surface area contributed by atoms with Gasteiger partial charge in [0.25, 0.3) is 0 Å². The van der Waals surface area contributed by atoms with Crippen LogP contribution in [0.5, 0.6) is 5.75 Å². The van der Waals surface area contributed by atoms with Crippen LogP contribution in [0.15, 0.2) is 66.7 Å². The van der Waals surface area contributed by atoms with Crippen molar-refractivity contribution in [1.82, 2.24) is 0 Å². The van der Waals surface area contributed by atoms with Crippen LogP contribution in [-0.4, -0.2) is 21.7 Å². The van der Waals surface area contributed by atoms with Crippen molar-refractivity contribution in [3.63, 3.8) is 0 Å². The fraction of sp³-hybridized carbons (Fsp3) is 0.240. The van der Waals surface area contributed by atoms with E-state index in [1.807, 2.05) is 0 Å². The van der Waals surface area contributed by atoms with Crippen molar-refractivity contribution < 1.29 is 35.9 Å². The zero-order valence-corrected chi connectivity index (χ0v) is 19.9. The molecule has 3 aromatic carbocycles. The van der Waals surface area contributed by atoms with Crippen molar-refractivity contribution in [3.8, 4) is 5.75 Å². The van der Waals surface area contributed by atoms with Gasteiger partial charge in [-0.1, -0.05) is 42.5 Å². The second kappa shape index (κ2) is 11.5. The van der Waals surface area contributed by atoms with Crippen molar-refractivity contribution in [1.29, 1.82) is 0 Å². The highest BCUT2D eigenvalue weighted by molar-refractivity contribution is 7.80. The molecule has 36 heavy (non-hydrogen) atoms. The van der Waals surface area contributed by atoms with Gasteiger partial charge in [-0.25, -0.2) is 4.39 Å². The molecule has 2 N–H and O–H groups in total. The second-order valence-electron chi connectivity index (χ2n) is 8.01. The van der Waals surface area contributed by atoms with E-state index in [0.717, 1.165) is 30.8 Å². The van der Waals surface area contributed by atoms with E-state index in [1.54, 1.807) is 30.3 Å². The van der Waals surface area contributed by atoms with Crippen LogP contribution in [0.25, 0.3) is 0 Å². The Labute approximate surface area is 208 Å². The summed E-state index contributed by atoms with van der Waals surface area (Å²) in [5, 5.41) is 0. The Hall–Kier alpha value is -3.44. The van der Waals surface area contributed by atoms with Crippen LogP contribution in [0.3, 0.4) is 0 Å². The molecule has 2 unspecified atom stereocenters. The molecule has 0 aromatic heterocycles. The summed E-state index contributed by atoms with van der Waals surface area (Å²) in [6.45, 7) is 0.0374. The average Bonchev–Trinajstić information content (AvgIpc) is 2.82. The Bertz CT molecular complexity index is 1240. The van der Waals surface area contributed by atoms with Crippen molar-refractivity contribution >= 4 is 22.9 Å². The average molecular weight is 524 g/mol. The van der Waals surface area contributed by atoms with Crippen LogP contribution in [0.1, 0.15) is 34.6 Å². The van der Waals surface area contributed by atoms with Gasteiger partial charge in [0.1, 0.15) is 18.2 Å². The van der Waals surface area contributed by atoms with E-state index in [2.05, 4.69) is 0 Å². The predicted molar refractivity (Wildman–Crippen MR) is 126 cm³/mol. The summed E-state index contributed by atoms with van der Waals surface area (Å²) in [6, 6.07) is 15.6. The van der Waals surface area contributed by atoms with Crippen LogP contribution in [0.2, 0.25) is 0 Å². The number of aryl methyl sites for hydroxylation is 1. The number of amides is 1. The number of nitrogens with two attached hydrogens (primary N) is 1. The van der Waals surface area contributed by atoms with Gasteiger partial charge in [-0.2, -0.15) is 13.2 Å². The highest BCUT2D eigenvalue weighted by Gasteiger charge is 2.31. The van der Waals surface area contributed by atoms with E-state index in [9.17, 15) is 31.1 Å². The Morgan fingerprint density at radius 2 is 1.81 bits per heavy atom. The van der Waals surface area contributed by atoms with Gasteiger partial charge in [0.2, 0.25) is 5.91 Å². The number of hydrogen-bond donors (Lipinski definition) is 1. The molecule has 0 saturated carbocycles. The number of anilines is 1. The molecule has 3 aromatic rings. The molecule has 0 saturated heterocycles. The number of primary amides is 1. The van der Waals surface area contributed by atoms with E-state index >= 15 is 0 Å². The summed E-state index contributed by atoms with van der Waals surface area (Å²) in [6.07, 6.45) is -4.40. The highest BCUT2D eigenvalue weighted by Crippen LogP contribution is 2.35. The third-order valence-corrected chi connectivity index (χ3v) is 6.26. The van der Waals surface area contributed by atoms with Crippen molar-refractivity contribution in [2.45, 2.75) is 31.5 Å². The first-order chi connectivity index (χ1) is 17.0. The van der Waals surface area contributed by atoms with Crippen LogP contribution in [0, 0.1) is 5.82 Å². The number of rotatable bonds is 10. The molecule has 1 amide bonds. The van der Waals surface area contributed by atoms with Crippen molar-refractivity contribution in [2.24, 2.45) is 5.73 Å². The number of benzene rings is 3. The summed E-state index contributed by atoms with van der Waals surface area (Å²) in [4.78, 5) is 12.2. The highest BCUT2D eigenvalue weighted by atomic mass is 32.2. The molecule has 192 valence electrons. The molecule has 0 aliphatic rings. The lowest BCUT2D eigenvalue weighted by atomic mass is 9.91. The Morgan fingerprint density at radius 1 is 1.11 bits per heavy atom. The monoisotopic (exact) mass is 523 g/mol. The lowest BCUT2D eigenvalue weighted by molar-refractivity contribution is -0.137. The molecule has 0 fully saturated rings. The Kier molecular flexibility index (Phi) is 8.70. The summed E-state index contributed by atoms with van der Waals surface area (Å²) in [5.74, 6) is -2.59. The molecule has 2 atom stereocenters. The van der Waals surface area contributed by atoms with Gasteiger partial charge in [0.05, 0.1) is 17.2 Å². The van der Waals surface area contributed by atoms with E-state index in [-0.39, 0.29) is 36.4 Å². The zero-order valence-electron chi connectivity index (χ0n) is 19.1. The summed E-state index contributed by atoms with van der Waals surface area (Å²) >= 11 is -2.70. The zero-order chi connectivity index (χ0) is 26.5. The number of halogens is 4. The predicted octanol–water partition coefficient (Wildman–Crippen LogP) is 4.86. The fourth-order valence-corrected chi connectivity index (χ4v) is 3.96. The quantitative estimate of drug-likeness (QED) is 0.303. The van der Waals surface area contributed by atoms with Gasteiger partial charge in [0, 0.05) is 18.3 Å². The van der Waals surface area contributed by atoms with Gasteiger partial charge in [-0.05, 0) is 53.8 Å². The lowest BCUT2D eigenvalue weighted by Gasteiger charge is -2.23. The van der Waals surface area contributed by atoms with E-state index in [1.165, 1.54) is 18.2 Å². The van der Waals surface area contributed by atoms with E-state index in [4.69, 9.17) is 10.5 Å². The molecule has 3 rings (SSSR count). The number of nitrogens with zero attached hydrogens (tertiary/aromatic N) is 1. The van der Waals surface area contributed by atoms with Crippen molar-refractivity contribution in [2.75, 3.05) is 11.4 Å². The normalized spacial score (nSPS) is 13.2. The molecule has 0 radical (unpaired) electrons. The standard InChI is InChI=1S/C25H24F4N2O4S/c1-31(36(33)34)22-12-9-18(13-21(22)26)20(24(30)32)11-8-17-7-10-19(25(27,28)29)14-23(17)35-15-16-5-3-2-4-6-16/h2-7,9-10,12-14,20H,8,11,15H2,1H3,(H2,30,32)(H,33,34)/p-1. The maximum atomic E-state index is 14.5. The third kappa shape index (κ3) is 6.82. The van der Waals surface area contributed by atoms with Crippen molar-refractivity contribution in [3.05, 3.63) is 94.8 Å².